The van der Waals surface area contributed by atoms with Gasteiger partial charge in [-0.15, -0.1) is 0 Å². The van der Waals surface area contributed by atoms with Gasteiger partial charge in [0.2, 0.25) is 5.95 Å². The average molecular weight is 377 g/mol. The van der Waals surface area contributed by atoms with E-state index in [0.717, 1.165) is 62.8 Å². The van der Waals surface area contributed by atoms with Crippen molar-refractivity contribution in [3.8, 4) is 0 Å². The van der Waals surface area contributed by atoms with Crippen LogP contribution in [0.4, 0.5) is 5.95 Å². The number of anilines is 1. The maximum atomic E-state index is 4.79. The summed E-state index contributed by atoms with van der Waals surface area (Å²) in [5.41, 5.74) is 2.17. The molecule has 1 aliphatic rings. The van der Waals surface area contributed by atoms with E-state index in [2.05, 4.69) is 62.3 Å². The molecule has 3 heterocycles. The summed E-state index contributed by atoms with van der Waals surface area (Å²) in [4.78, 5) is 18.3. The van der Waals surface area contributed by atoms with Crippen LogP contribution in [0.1, 0.15) is 25.1 Å². The molecule has 2 aromatic heterocycles. The molecule has 0 radical (unpaired) electrons. The van der Waals surface area contributed by atoms with Crippen molar-refractivity contribution in [2.75, 3.05) is 44.2 Å². The van der Waals surface area contributed by atoms with Crippen LogP contribution >= 0.6 is 0 Å². The Morgan fingerprint density at radius 3 is 2.57 bits per heavy atom. The van der Waals surface area contributed by atoms with Gasteiger partial charge in [0.05, 0.1) is 11.2 Å². The summed E-state index contributed by atoms with van der Waals surface area (Å²) in [5.74, 6) is 0.848. The van der Waals surface area contributed by atoms with Gasteiger partial charge in [0.15, 0.2) is 0 Å². The van der Waals surface area contributed by atoms with E-state index in [1.54, 1.807) is 0 Å². The Kier molecular flexibility index (Phi) is 6.09. The Morgan fingerprint density at radius 2 is 1.75 bits per heavy atom. The number of piperazine rings is 1. The highest BCUT2D eigenvalue weighted by Gasteiger charge is 2.18. The van der Waals surface area contributed by atoms with Crippen molar-refractivity contribution in [2.24, 2.45) is 0 Å². The molecule has 1 aliphatic heterocycles. The number of nitrogens with zero attached hydrogens (tertiary/aromatic N) is 5. The molecule has 146 valence electrons. The van der Waals surface area contributed by atoms with E-state index in [0.29, 0.717) is 0 Å². The fraction of sp³-hybridized carbons (Fsp3) is 0.409. The number of para-hydroxylation sites is 1. The average Bonchev–Trinajstić information content (AvgIpc) is 2.77. The molecule has 0 aliphatic carbocycles. The molecule has 0 unspecified atom stereocenters. The highest BCUT2D eigenvalue weighted by atomic mass is 15.3. The topological polar surface area (TPSA) is 57.2 Å². The summed E-state index contributed by atoms with van der Waals surface area (Å²) in [6.45, 7) is 8.44. The van der Waals surface area contributed by atoms with Crippen molar-refractivity contribution < 1.29 is 0 Å². The Bertz CT molecular complexity index is 876. The summed E-state index contributed by atoms with van der Waals surface area (Å²) < 4.78 is 0. The first-order chi connectivity index (χ1) is 13.8. The third-order valence-corrected chi connectivity index (χ3v) is 5.37. The molecule has 0 saturated carbocycles. The number of benzene rings is 1. The molecule has 1 fully saturated rings. The number of aromatic nitrogens is 3. The van der Waals surface area contributed by atoms with Crippen LogP contribution < -0.4 is 10.2 Å². The molecule has 1 aromatic carbocycles. The minimum absolute atomic E-state index is 0.261. The van der Waals surface area contributed by atoms with Crippen molar-refractivity contribution >= 4 is 16.9 Å². The van der Waals surface area contributed by atoms with Crippen LogP contribution in [0.3, 0.4) is 0 Å². The normalized spacial score (nSPS) is 16.4. The van der Waals surface area contributed by atoms with E-state index < -0.39 is 0 Å². The maximum absolute atomic E-state index is 4.79. The zero-order chi connectivity index (χ0) is 19.2. The molecule has 3 aromatic rings. The standard InChI is InChI=1S/C22H28N6/c1-18(20-9-8-19-6-2-3-7-21(19)26-20)23-12-5-13-27-14-16-28(17-15-27)22-24-10-4-11-25-22/h2-4,6-11,18,23H,5,12-17H2,1H3/t18-/m1/s1. The van der Waals surface area contributed by atoms with Gasteiger partial charge in [-0.2, -0.15) is 0 Å². The maximum Gasteiger partial charge on any atom is 0.225 e. The lowest BCUT2D eigenvalue weighted by molar-refractivity contribution is 0.251. The SMILES string of the molecule is C[C@@H](NCCCN1CCN(c2ncccn2)CC1)c1ccc2ccccc2n1. The van der Waals surface area contributed by atoms with Crippen LogP contribution in [0.25, 0.3) is 10.9 Å². The smallest absolute Gasteiger partial charge is 0.225 e. The largest absolute Gasteiger partial charge is 0.338 e. The highest BCUT2D eigenvalue weighted by Crippen LogP contribution is 2.16. The van der Waals surface area contributed by atoms with Crippen LogP contribution in [0, 0.1) is 0 Å². The van der Waals surface area contributed by atoms with Crippen molar-refractivity contribution in [1.82, 2.24) is 25.2 Å². The second-order valence-corrected chi connectivity index (χ2v) is 7.34. The molecular formula is C22H28N6. The van der Waals surface area contributed by atoms with Crippen molar-refractivity contribution in [3.05, 3.63) is 60.6 Å². The Hall–Kier alpha value is -2.57. The first-order valence-electron chi connectivity index (χ1n) is 10.1. The van der Waals surface area contributed by atoms with Crippen LogP contribution in [0.2, 0.25) is 0 Å². The monoisotopic (exact) mass is 376 g/mol. The Labute approximate surface area is 166 Å². The minimum atomic E-state index is 0.261. The highest BCUT2D eigenvalue weighted by molar-refractivity contribution is 5.78. The van der Waals surface area contributed by atoms with E-state index in [1.165, 1.54) is 5.39 Å². The summed E-state index contributed by atoms with van der Waals surface area (Å²) in [6, 6.07) is 14.7. The fourth-order valence-corrected chi connectivity index (χ4v) is 3.67. The number of nitrogens with one attached hydrogen (secondary N) is 1. The zero-order valence-corrected chi connectivity index (χ0v) is 16.5. The van der Waals surface area contributed by atoms with Crippen LogP contribution in [0.5, 0.6) is 0 Å². The summed E-state index contributed by atoms with van der Waals surface area (Å²) in [7, 11) is 0. The number of hydrogen-bond acceptors (Lipinski definition) is 6. The van der Waals surface area contributed by atoms with Gasteiger partial charge < -0.3 is 10.2 Å². The van der Waals surface area contributed by atoms with Gasteiger partial charge in [-0.25, -0.2) is 9.97 Å². The molecule has 1 atom stereocenters. The molecule has 4 rings (SSSR count). The van der Waals surface area contributed by atoms with Crippen molar-refractivity contribution in [1.29, 1.82) is 0 Å². The molecular weight excluding hydrogens is 348 g/mol. The van der Waals surface area contributed by atoms with Gasteiger partial charge in [-0.3, -0.25) is 9.88 Å². The van der Waals surface area contributed by atoms with Gasteiger partial charge in [0.25, 0.3) is 0 Å². The number of pyridine rings is 1. The second-order valence-electron chi connectivity index (χ2n) is 7.34. The lowest BCUT2D eigenvalue weighted by Crippen LogP contribution is -2.47. The van der Waals surface area contributed by atoms with E-state index in [9.17, 15) is 0 Å². The van der Waals surface area contributed by atoms with Crippen LogP contribution in [-0.2, 0) is 0 Å². The van der Waals surface area contributed by atoms with Gasteiger partial charge in [0, 0.05) is 50.0 Å². The minimum Gasteiger partial charge on any atom is -0.338 e. The first kappa shape index (κ1) is 18.8. The summed E-state index contributed by atoms with van der Waals surface area (Å²) in [6.07, 6.45) is 4.76. The molecule has 0 spiro atoms. The molecule has 1 saturated heterocycles. The van der Waals surface area contributed by atoms with Crippen molar-refractivity contribution in [2.45, 2.75) is 19.4 Å². The number of hydrogen-bond donors (Lipinski definition) is 1. The molecule has 28 heavy (non-hydrogen) atoms. The molecule has 6 heteroatoms. The zero-order valence-electron chi connectivity index (χ0n) is 16.5. The number of fused-ring (bicyclic) bond motifs is 1. The molecule has 0 amide bonds. The van der Waals surface area contributed by atoms with E-state index in [1.807, 2.05) is 24.5 Å². The third-order valence-electron chi connectivity index (χ3n) is 5.37. The predicted molar refractivity (Wildman–Crippen MR) is 113 cm³/mol. The fourth-order valence-electron chi connectivity index (χ4n) is 3.67. The predicted octanol–water partition coefficient (Wildman–Crippen LogP) is 2.89. The van der Waals surface area contributed by atoms with Gasteiger partial charge in [-0.1, -0.05) is 24.3 Å². The summed E-state index contributed by atoms with van der Waals surface area (Å²) in [5, 5.41) is 4.81. The Morgan fingerprint density at radius 1 is 0.964 bits per heavy atom. The van der Waals surface area contributed by atoms with E-state index in [-0.39, 0.29) is 6.04 Å². The van der Waals surface area contributed by atoms with Gasteiger partial charge >= 0.3 is 0 Å². The van der Waals surface area contributed by atoms with Gasteiger partial charge in [0.1, 0.15) is 0 Å². The van der Waals surface area contributed by atoms with Crippen LogP contribution in [-0.4, -0.2) is 59.1 Å². The van der Waals surface area contributed by atoms with E-state index >= 15 is 0 Å². The lowest BCUT2D eigenvalue weighted by atomic mass is 10.1. The molecule has 1 N–H and O–H groups in total. The number of rotatable bonds is 7. The van der Waals surface area contributed by atoms with Crippen molar-refractivity contribution in [3.63, 3.8) is 0 Å². The molecule has 6 nitrogen and oxygen atoms in total. The van der Waals surface area contributed by atoms with Crippen LogP contribution in [0.15, 0.2) is 54.9 Å². The second kappa shape index (κ2) is 9.08. The Balaban J connectivity index is 1.18. The lowest BCUT2D eigenvalue weighted by Gasteiger charge is -2.34. The quantitative estimate of drug-likeness (QED) is 0.640. The third kappa shape index (κ3) is 4.64. The van der Waals surface area contributed by atoms with Gasteiger partial charge in [-0.05, 0) is 44.6 Å². The molecule has 0 bridgehead atoms. The first-order valence-corrected chi connectivity index (χ1v) is 10.1. The van der Waals surface area contributed by atoms with E-state index in [4.69, 9.17) is 4.98 Å². The summed E-state index contributed by atoms with van der Waals surface area (Å²) >= 11 is 0.